The van der Waals surface area contributed by atoms with Gasteiger partial charge < -0.3 is 15.2 Å². The van der Waals surface area contributed by atoms with Crippen molar-refractivity contribution in [1.82, 2.24) is 9.78 Å². The summed E-state index contributed by atoms with van der Waals surface area (Å²) in [6, 6.07) is 5.35. The van der Waals surface area contributed by atoms with Gasteiger partial charge in [-0.3, -0.25) is 14.3 Å². The first-order valence-corrected chi connectivity index (χ1v) is 6.80. The van der Waals surface area contributed by atoms with Crippen LogP contribution in [0.4, 0.5) is 5.69 Å². The minimum Gasteiger partial charge on any atom is -0.481 e. The molecular weight excluding hydrogens is 286 g/mol. The molecule has 0 saturated carbocycles. The van der Waals surface area contributed by atoms with Crippen LogP contribution in [-0.4, -0.2) is 32.9 Å². The number of aliphatic carboxylic acids is 1. The predicted octanol–water partition coefficient (Wildman–Crippen LogP) is 1.43. The Kier molecular flexibility index (Phi) is 3.32. The molecule has 3 rings (SSSR count). The standard InChI is InChI=1S/C15H15N3O4/c1-8-15(21)16-12-5-9(3-4-13(12)22-8)10-7-18(2)17-11(10)6-14(19)20/h3-5,7-8H,6H2,1-2H3,(H,16,21)(H,19,20). The van der Waals surface area contributed by atoms with Crippen LogP contribution in [0.3, 0.4) is 0 Å². The van der Waals surface area contributed by atoms with Crippen molar-refractivity contribution in [1.29, 1.82) is 0 Å². The average Bonchev–Trinajstić information content (AvgIpc) is 2.79. The molecule has 0 aliphatic carbocycles. The molecule has 1 aliphatic heterocycles. The molecule has 1 atom stereocenters. The van der Waals surface area contributed by atoms with E-state index in [2.05, 4.69) is 10.4 Å². The number of hydrogen-bond donors (Lipinski definition) is 2. The predicted molar refractivity (Wildman–Crippen MR) is 78.7 cm³/mol. The number of fused-ring (bicyclic) bond motifs is 1. The molecule has 0 spiro atoms. The third-order valence-electron chi connectivity index (χ3n) is 3.45. The van der Waals surface area contributed by atoms with Gasteiger partial charge in [-0.25, -0.2) is 0 Å². The smallest absolute Gasteiger partial charge is 0.309 e. The van der Waals surface area contributed by atoms with E-state index in [1.54, 1.807) is 37.0 Å². The fourth-order valence-corrected chi connectivity index (χ4v) is 2.43. The molecule has 0 radical (unpaired) electrons. The summed E-state index contributed by atoms with van der Waals surface area (Å²) in [6.45, 7) is 1.68. The van der Waals surface area contributed by atoms with Gasteiger partial charge in [0.15, 0.2) is 6.10 Å². The summed E-state index contributed by atoms with van der Waals surface area (Å²) in [5.41, 5.74) is 2.55. The Morgan fingerprint density at radius 1 is 1.50 bits per heavy atom. The highest BCUT2D eigenvalue weighted by Crippen LogP contribution is 2.34. The van der Waals surface area contributed by atoms with Crippen molar-refractivity contribution in [3.63, 3.8) is 0 Å². The number of carboxylic acids is 1. The Balaban J connectivity index is 2.02. The van der Waals surface area contributed by atoms with E-state index < -0.39 is 12.1 Å². The summed E-state index contributed by atoms with van der Waals surface area (Å²) in [6.07, 6.45) is 1.07. The largest absolute Gasteiger partial charge is 0.481 e. The number of amides is 1. The van der Waals surface area contributed by atoms with Gasteiger partial charge in [-0.05, 0) is 24.6 Å². The van der Waals surface area contributed by atoms with Crippen LogP contribution in [0.2, 0.25) is 0 Å². The zero-order valence-corrected chi connectivity index (χ0v) is 12.2. The fraction of sp³-hybridized carbons (Fsp3) is 0.267. The molecule has 7 heteroatoms. The number of carbonyl (C=O) groups is 2. The van der Waals surface area contributed by atoms with Gasteiger partial charge in [0.2, 0.25) is 0 Å². The van der Waals surface area contributed by atoms with Gasteiger partial charge >= 0.3 is 5.97 Å². The Bertz CT molecular complexity index is 766. The monoisotopic (exact) mass is 301 g/mol. The minimum absolute atomic E-state index is 0.160. The average molecular weight is 301 g/mol. The van der Waals surface area contributed by atoms with E-state index >= 15 is 0 Å². The zero-order chi connectivity index (χ0) is 15.9. The van der Waals surface area contributed by atoms with Gasteiger partial charge in [0.25, 0.3) is 5.91 Å². The number of ether oxygens (including phenoxy) is 1. The third-order valence-corrected chi connectivity index (χ3v) is 3.45. The van der Waals surface area contributed by atoms with E-state index in [1.165, 1.54) is 0 Å². The number of anilines is 1. The highest BCUT2D eigenvalue weighted by Gasteiger charge is 2.24. The van der Waals surface area contributed by atoms with Gasteiger partial charge in [-0.1, -0.05) is 6.07 Å². The van der Waals surface area contributed by atoms with Crippen LogP contribution in [0.15, 0.2) is 24.4 Å². The highest BCUT2D eigenvalue weighted by molar-refractivity contribution is 5.98. The Morgan fingerprint density at radius 2 is 2.27 bits per heavy atom. The number of nitrogens with one attached hydrogen (secondary N) is 1. The maximum absolute atomic E-state index is 11.7. The second-order valence-corrected chi connectivity index (χ2v) is 5.19. The molecule has 22 heavy (non-hydrogen) atoms. The number of hydrogen-bond acceptors (Lipinski definition) is 4. The number of carbonyl (C=O) groups excluding carboxylic acids is 1. The Labute approximate surface area is 126 Å². The van der Waals surface area contributed by atoms with Crippen molar-refractivity contribution in [3.8, 4) is 16.9 Å². The summed E-state index contributed by atoms with van der Waals surface area (Å²) in [4.78, 5) is 22.6. The maximum Gasteiger partial charge on any atom is 0.309 e. The Hall–Kier alpha value is -2.83. The first kappa shape index (κ1) is 14.1. The molecule has 1 aromatic carbocycles. The van der Waals surface area contributed by atoms with Crippen LogP contribution >= 0.6 is 0 Å². The van der Waals surface area contributed by atoms with Crippen molar-refractivity contribution in [2.75, 3.05) is 5.32 Å². The molecule has 2 N–H and O–H groups in total. The summed E-state index contributed by atoms with van der Waals surface area (Å²) in [5.74, 6) is -0.551. The molecule has 2 heterocycles. The van der Waals surface area contributed by atoms with Crippen molar-refractivity contribution in [2.45, 2.75) is 19.4 Å². The molecule has 0 saturated heterocycles. The fourth-order valence-electron chi connectivity index (χ4n) is 2.43. The molecule has 1 aromatic heterocycles. The topological polar surface area (TPSA) is 93.5 Å². The van der Waals surface area contributed by atoms with Crippen LogP contribution < -0.4 is 10.1 Å². The maximum atomic E-state index is 11.7. The number of carboxylic acid groups (broad SMARTS) is 1. The zero-order valence-electron chi connectivity index (χ0n) is 12.2. The van der Waals surface area contributed by atoms with Gasteiger partial charge in [0.1, 0.15) is 5.75 Å². The molecular formula is C15H15N3O4. The molecule has 0 bridgehead atoms. The van der Waals surface area contributed by atoms with E-state index in [0.717, 1.165) is 11.1 Å². The Morgan fingerprint density at radius 3 is 3.00 bits per heavy atom. The lowest BCUT2D eigenvalue weighted by Crippen LogP contribution is -2.34. The van der Waals surface area contributed by atoms with E-state index in [0.29, 0.717) is 17.1 Å². The number of rotatable bonds is 3. The van der Waals surface area contributed by atoms with Crippen molar-refractivity contribution in [2.24, 2.45) is 7.05 Å². The number of benzene rings is 1. The highest BCUT2D eigenvalue weighted by atomic mass is 16.5. The van der Waals surface area contributed by atoms with Gasteiger partial charge in [0.05, 0.1) is 17.8 Å². The van der Waals surface area contributed by atoms with E-state index in [-0.39, 0.29) is 12.3 Å². The number of aromatic nitrogens is 2. The summed E-state index contributed by atoms with van der Waals surface area (Å²) < 4.78 is 7.08. The SMILES string of the molecule is CC1Oc2ccc(-c3cn(C)nc3CC(=O)O)cc2NC1=O. The van der Waals surface area contributed by atoms with Crippen LogP contribution in [0.5, 0.6) is 5.75 Å². The number of aryl methyl sites for hydroxylation is 1. The molecule has 1 unspecified atom stereocenters. The first-order valence-electron chi connectivity index (χ1n) is 6.80. The first-order chi connectivity index (χ1) is 10.4. The molecule has 1 amide bonds. The molecule has 7 nitrogen and oxygen atoms in total. The van der Waals surface area contributed by atoms with Crippen LogP contribution in [-0.2, 0) is 23.1 Å². The molecule has 0 fully saturated rings. The molecule has 114 valence electrons. The quantitative estimate of drug-likeness (QED) is 0.894. The van der Waals surface area contributed by atoms with Crippen LogP contribution in [0.25, 0.3) is 11.1 Å². The summed E-state index contributed by atoms with van der Waals surface area (Å²) in [5, 5.41) is 15.9. The lowest BCUT2D eigenvalue weighted by atomic mass is 10.0. The van der Waals surface area contributed by atoms with Crippen molar-refractivity contribution < 1.29 is 19.4 Å². The van der Waals surface area contributed by atoms with E-state index in [1.807, 2.05) is 6.07 Å². The van der Waals surface area contributed by atoms with Crippen LogP contribution in [0.1, 0.15) is 12.6 Å². The normalized spacial score (nSPS) is 16.6. The van der Waals surface area contributed by atoms with Gasteiger partial charge in [-0.15, -0.1) is 0 Å². The van der Waals surface area contributed by atoms with Gasteiger partial charge in [-0.2, -0.15) is 5.10 Å². The third kappa shape index (κ3) is 2.52. The minimum atomic E-state index is -0.941. The second-order valence-electron chi connectivity index (χ2n) is 5.19. The van der Waals surface area contributed by atoms with Crippen molar-refractivity contribution >= 4 is 17.6 Å². The summed E-state index contributed by atoms with van der Waals surface area (Å²) >= 11 is 0. The lowest BCUT2D eigenvalue weighted by molar-refractivity contribution is -0.136. The van der Waals surface area contributed by atoms with Crippen LogP contribution in [0, 0.1) is 0 Å². The van der Waals surface area contributed by atoms with E-state index in [9.17, 15) is 9.59 Å². The van der Waals surface area contributed by atoms with E-state index in [4.69, 9.17) is 9.84 Å². The van der Waals surface area contributed by atoms with Crippen molar-refractivity contribution in [3.05, 3.63) is 30.1 Å². The lowest BCUT2D eigenvalue weighted by Gasteiger charge is -2.23. The molecule has 1 aliphatic rings. The number of nitrogens with zero attached hydrogens (tertiary/aromatic N) is 2. The molecule has 2 aromatic rings. The second kappa shape index (κ2) is 5.18. The summed E-state index contributed by atoms with van der Waals surface area (Å²) in [7, 11) is 1.74. The van der Waals surface area contributed by atoms with Gasteiger partial charge in [0, 0.05) is 18.8 Å².